The summed E-state index contributed by atoms with van der Waals surface area (Å²) in [4.78, 5) is 10.5. The number of rotatable bonds is 8. The predicted molar refractivity (Wildman–Crippen MR) is 52.1 cm³/mol. The summed E-state index contributed by atoms with van der Waals surface area (Å²) >= 11 is 0. The zero-order chi connectivity index (χ0) is 11.0. The van der Waals surface area contributed by atoms with Crippen molar-refractivity contribution in [2.24, 2.45) is 0 Å². The van der Waals surface area contributed by atoms with Crippen LogP contribution in [0.3, 0.4) is 0 Å². The summed E-state index contributed by atoms with van der Waals surface area (Å²) in [5.41, 5.74) is -1.53. The third kappa shape index (κ3) is 11.4. The van der Waals surface area contributed by atoms with E-state index in [0.717, 1.165) is 32.1 Å². The van der Waals surface area contributed by atoms with Crippen molar-refractivity contribution < 1.29 is 69.1 Å². The molecule has 0 rings (SSSR count). The van der Waals surface area contributed by atoms with Gasteiger partial charge in [-0.15, -0.1) is 0 Å². The number of hydrogen-bond donors (Lipinski definition) is 0. The molecule has 0 amide bonds. The van der Waals surface area contributed by atoms with Crippen LogP contribution in [0.5, 0.6) is 0 Å². The van der Waals surface area contributed by atoms with Gasteiger partial charge in [0.15, 0.2) is 0 Å². The van der Waals surface area contributed by atoms with E-state index in [1.54, 1.807) is 0 Å². The van der Waals surface area contributed by atoms with Crippen LogP contribution in [0, 0.1) is 0 Å². The first-order valence-corrected chi connectivity index (χ1v) is 5.21. The van der Waals surface area contributed by atoms with E-state index in [0.29, 0.717) is 6.42 Å². The van der Waals surface area contributed by atoms with Gasteiger partial charge in [0.1, 0.15) is 0 Å². The van der Waals surface area contributed by atoms with E-state index in [4.69, 9.17) is 0 Å². The molecule has 6 heteroatoms. The van der Waals surface area contributed by atoms with Crippen molar-refractivity contribution in [1.29, 1.82) is 0 Å². The van der Waals surface area contributed by atoms with E-state index in [1.807, 2.05) is 0 Å². The van der Waals surface area contributed by atoms with E-state index in [2.05, 4.69) is 6.92 Å². The minimum absolute atomic E-state index is 0. The molecule has 0 aromatic rings. The minimum Gasteiger partial charge on any atom is -0.443 e. The van der Waals surface area contributed by atoms with Crippen LogP contribution in [-0.2, 0) is 4.79 Å². The van der Waals surface area contributed by atoms with Crippen LogP contribution in [0.25, 0.3) is 0 Å². The van der Waals surface area contributed by atoms with Crippen molar-refractivity contribution in [2.75, 3.05) is 0 Å². The molecule has 0 saturated carbocycles. The van der Waals surface area contributed by atoms with Crippen molar-refractivity contribution in [1.82, 2.24) is 0 Å². The van der Waals surface area contributed by atoms with Crippen molar-refractivity contribution in [2.45, 2.75) is 51.9 Å². The summed E-state index contributed by atoms with van der Waals surface area (Å²) in [6.07, 6.45) is 5.02. The summed E-state index contributed by atoms with van der Waals surface area (Å²) in [6, 6.07) is 0. The average molecular weight is 248 g/mol. The van der Waals surface area contributed by atoms with Crippen LogP contribution in [0.2, 0.25) is 0 Å². The molecule has 84 valence electrons. The maximum Gasteiger partial charge on any atom is 1.00 e. The second-order valence-electron chi connectivity index (χ2n) is 3.56. The first-order valence-electron chi connectivity index (χ1n) is 5.21. The van der Waals surface area contributed by atoms with Crippen molar-refractivity contribution in [3.8, 4) is 0 Å². The predicted octanol–water partition coefficient (Wildman–Crippen LogP) is 0.697. The second kappa shape index (κ2) is 10.3. The molecule has 0 aliphatic rings. The van der Waals surface area contributed by atoms with Gasteiger partial charge in [-0.2, -0.15) is 0 Å². The third-order valence-electron chi connectivity index (χ3n) is 2.14. The number of halogens is 3. The molecule has 0 unspecified atom stereocenters. The minimum atomic E-state index is -5.24. The van der Waals surface area contributed by atoms with Gasteiger partial charge in [0.2, 0.25) is 0 Å². The Bertz CT molecular complexity index is 173. The Balaban J connectivity index is 0. The van der Waals surface area contributed by atoms with Crippen molar-refractivity contribution in [3.05, 3.63) is 0 Å². The standard InChI is InChI=1S/C9H17BF3O.K/c1-2-3-4-5-6-7-8-9(14)10(11,12)13;/h2-8H2,1H3;/q-1;+1. The van der Waals surface area contributed by atoms with E-state index in [1.165, 1.54) is 0 Å². The Morgan fingerprint density at radius 2 is 1.47 bits per heavy atom. The number of carbonyl (C=O) groups excluding carboxylic acids is 1. The fraction of sp³-hybridized carbons (Fsp3) is 0.889. The summed E-state index contributed by atoms with van der Waals surface area (Å²) in [6.45, 7) is -3.16. The zero-order valence-corrected chi connectivity index (χ0v) is 12.7. The molecular weight excluding hydrogens is 231 g/mol. The van der Waals surface area contributed by atoms with E-state index >= 15 is 0 Å². The molecule has 1 nitrogen and oxygen atoms in total. The summed E-state index contributed by atoms with van der Waals surface area (Å²) in [5.74, 6) is 0. The van der Waals surface area contributed by atoms with Gasteiger partial charge in [-0.1, -0.05) is 39.0 Å². The van der Waals surface area contributed by atoms with Gasteiger partial charge in [-0.25, -0.2) is 0 Å². The maximum absolute atomic E-state index is 11.8. The first-order chi connectivity index (χ1) is 6.48. The Morgan fingerprint density at radius 3 is 1.93 bits per heavy atom. The molecule has 0 radical (unpaired) electrons. The molecule has 0 aromatic carbocycles. The first kappa shape index (κ1) is 18.5. The van der Waals surface area contributed by atoms with E-state index < -0.39 is 12.7 Å². The van der Waals surface area contributed by atoms with Crippen LogP contribution in [0.1, 0.15) is 51.9 Å². The Morgan fingerprint density at radius 1 is 1.00 bits per heavy atom. The van der Waals surface area contributed by atoms with Gasteiger partial charge in [-0.05, 0) is 12.8 Å². The molecule has 0 aromatic heterocycles. The largest absolute Gasteiger partial charge is 1.00 e. The van der Waals surface area contributed by atoms with Crippen molar-refractivity contribution >= 4 is 12.7 Å². The van der Waals surface area contributed by atoms with Gasteiger partial charge in [-0.3, -0.25) is 0 Å². The summed E-state index contributed by atoms with van der Waals surface area (Å²) < 4.78 is 35.4. The molecule has 0 aliphatic heterocycles. The van der Waals surface area contributed by atoms with E-state index in [9.17, 15) is 17.7 Å². The van der Waals surface area contributed by atoms with Gasteiger partial charge < -0.3 is 17.7 Å². The molecule has 0 atom stereocenters. The van der Waals surface area contributed by atoms with Gasteiger partial charge >= 0.3 is 58.4 Å². The molecule has 0 aliphatic carbocycles. The maximum atomic E-state index is 11.8. The smallest absolute Gasteiger partial charge is 0.443 e. The van der Waals surface area contributed by atoms with Gasteiger partial charge in [0.05, 0.1) is 5.68 Å². The Labute approximate surface area is 132 Å². The number of unbranched alkanes of at least 4 members (excludes halogenated alkanes) is 5. The van der Waals surface area contributed by atoms with Crippen LogP contribution < -0.4 is 51.4 Å². The summed E-state index contributed by atoms with van der Waals surface area (Å²) in [7, 11) is 0. The Hall–Kier alpha value is 1.16. The van der Waals surface area contributed by atoms with Crippen LogP contribution in [0.4, 0.5) is 12.9 Å². The zero-order valence-electron chi connectivity index (χ0n) is 9.57. The average Bonchev–Trinajstić information content (AvgIpc) is 2.09. The molecule has 0 fully saturated rings. The molecule has 0 heterocycles. The van der Waals surface area contributed by atoms with Crippen molar-refractivity contribution in [3.63, 3.8) is 0 Å². The molecule has 15 heavy (non-hydrogen) atoms. The Kier molecular flexibility index (Phi) is 12.7. The van der Waals surface area contributed by atoms with E-state index in [-0.39, 0.29) is 57.8 Å². The van der Waals surface area contributed by atoms with Crippen LogP contribution in [-0.4, -0.2) is 12.7 Å². The normalized spacial score (nSPS) is 10.9. The summed E-state index contributed by atoms with van der Waals surface area (Å²) in [5, 5.41) is 0. The van der Waals surface area contributed by atoms with Gasteiger partial charge in [0, 0.05) is 0 Å². The molecule has 0 spiro atoms. The number of carbonyl (C=O) groups is 1. The third-order valence-corrected chi connectivity index (χ3v) is 2.14. The molecule has 0 N–H and O–H groups in total. The van der Waals surface area contributed by atoms with Crippen LogP contribution in [0.15, 0.2) is 0 Å². The van der Waals surface area contributed by atoms with Crippen LogP contribution >= 0.6 is 0 Å². The molecular formula is C9H17BF3KO. The SMILES string of the molecule is CCCCCCCCC(=O)[B-](F)(F)F.[K+]. The molecule has 0 saturated heterocycles. The fourth-order valence-electron chi connectivity index (χ4n) is 1.24. The topological polar surface area (TPSA) is 17.1 Å². The fourth-order valence-corrected chi connectivity index (χ4v) is 1.24. The quantitative estimate of drug-likeness (QED) is 0.456. The monoisotopic (exact) mass is 248 g/mol. The van der Waals surface area contributed by atoms with Gasteiger partial charge in [0.25, 0.3) is 0 Å². The second-order valence-corrected chi connectivity index (χ2v) is 3.56. The molecule has 0 bridgehead atoms. The number of hydrogen-bond acceptors (Lipinski definition) is 1.